The van der Waals surface area contributed by atoms with Crippen molar-refractivity contribution in [3.63, 3.8) is 0 Å². The zero-order chi connectivity index (χ0) is 36.4. The van der Waals surface area contributed by atoms with Crippen LogP contribution in [0.15, 0.2) is 60.9 Å². The Labute approximate surface area is 302 Å². The topological polar surface area (TPSA) is 134 Å². The fraction of sp³-hybridized carbons (Fsp3) is 0.500. The second-order valence-corrected chi connectivity index (χ2v) is 13.9. The van der Waals surface area contributed by atoms with Crippen molar-refractivity contribution in [2.75, 3.05) is 49.9 Å². The van der Waals surface area contributed by atoms with Gasteiger partial charge in [0.2, 0.25) is 0 Å². The molecule has 4 aromatic rings. The van der Waals surface area contributed by atoms with Gasteiger partial charge in [-0.3, -0.25) is 9.97 Å². The molecule has 0 bridgehead atoms. The smallest absolute Gasteiger partial charge is 0.382 e. The van der Waals surface area contributed by atoms with Crippen LogP contribution in [0.2, 0.25) is 10.0 Å². The van der Waals surface area contributed by atoms with Gasteiger partial charge in [-0.25, -0.2) is 4.57 Å². The summed E-state index contributed by atoms with van der Waals surface area (Å²) in [6, 6.07) is 16.7. The van der Waals surface area contributed by atoms with Crippen LogP contribution in [-0.2, 0) is 4.57 Å². The van der Waals surface area contributed by atoms with Crippen LogP contribution in [-0.4, -0.2) is 85.8 Å². The van der Waals surface area contributed by atoms with Crippen LogP contribution in [0, 0.1) is 0 Å². The maximum absolute atomic E-state index is 8.88. The van der Waals surface area contributed by atoms with Crippen LogP contribution in [0.3, 0.4) is 0 Å². The minimum atomic E-state index is -4.64. The highest BCUT2D eigenvalue weighted by Crippen LogP contribution is 2.27. The van der Waals surface area contributed by atoms with E-state index in [2.05, 4.69) is 71.9 Å². The van der Waals surface area contributed by atoms with Crippen LogP contribution in [0.25, 0.3) is 21.8 Å². The van der Waals surface area contributed by atoms with E-state index in [0.717, 1.165) is 82.2 Å². The predicted molar refractivity (Wildman–Crippen MR) is 208 cm³/mol. The SMILES string of the molecule is CCN(CC)CCCC(C)Nc1ccnc2cc(Cl)ccc12.CCN(CC)CCCC(C)Nc1ccnc2cc(Cl)ccc12.O=P(O)(O)O. The molecule has 10 nitrogen and oxygen atoms in total. The lowest BCUT2D eigenvalue weighted by atomic mass is 10.1. The number of fused-ring (bicyclic) bond motifs is 2. The van der Waals surface area contributed by atoms with E-state index < -0.39 is 7.82 Å². The molecule has 5 N–H and O–H groups in total. The Bertz CT molecular complexity index is 1470. The summed E-state index contributed by atoms with van der Waals surface area (Å²) in [6.45, 7) is 20.2. The third kappa shape index (κ3) is 16.8. The predicted octanol–water partition coefficient (Wildman–Crippen LogP) is 8.69. The number of nitrogens with one attached hydrogen (secondary N) is 2. The van der Waals surface area contributed by atoms with Crippen molar-refractivity contribution >= 4 is 64.2 Å². The summed E-state index contributed by atoms with van der Waals surface area (Å²) in [6.07, 6.45) is 8.42. The van der Waals surface area contributed by atoms with Crippen molar-refractivity contribution in [3.8, 4) is 0 Å². The highest BCUT2D eigenvalue weighted by Gasteiger charge is 2.09. The van der Waals surface area contributed by atoms with Crippen LogP contribution in [0.5, 0.6) is 0 Å². The van der Waals surface area contributed by atoms with Gasteiger partial charge >= 0.3 is 7.82 Å². The van der Waals surface area contributed by atoms with Gasteiger partial charge in [0.25, 0.3) is 0 Å². The van der Waals surface area contributed by atoms with Crippen molar-refractivity contribution in [1.29, 1.82) is 0 Å². The van der Waals surface area contributed by atoms with E-state index in [9.17, 15) is 0 Å². The largest absolute Gasteiger partial charge is 0.466 e. The summed E-state index contributed by atoms with van der Waals surface area (Å²) in [5.74, 6) is 0. The molecule has 2 aromatic heterocycles. The van der Waals surface area contributed by atoms with Gasteiger partial charge in [-0.1, -0.05) is 50.9 Å². The minimum Gasteiger partial charge on any atom is -0.382 e. The zero-order valence-electron chi connectivity index (χ0n) is 29.7. The summed E-state index contributed by atoms with van der Waals surface area (Å²) in [4.78, 5) is 35.3. The van der Waals surface area contributed by atoms with Crippen molar-refractivity contribution in [2.45, 2.75) is 79.3 Å². The lowest BCUT2D eigenvalue weighted by molar-refractivity contribution is 0.275. The van der Waals surface area contributed by atoms with Crippen molar-refractivity contribution in [2.24, 2.45) is 0 Å². The summed E-state index contributed by atoms with van der Waals surface area (Å²) >= 11 is 12.1. The summed E-state index contributed by atoms with van der Waals surface area (Å²) in [5.41, 5.74) is 4.15. The third-order valence-electron chi connectivity index (χ3n) is 8.23. The van der Waals surface area contributed by atoms with Gasteiger partial charge in [-0.05, 0) is 127 Å². The highest BCUT2D eigenvalue weighted by molar-refractivity contribution is 7.45. The molecule has 2 atom stereocenters. The van der Waals surface area contributed by atoms with Gasteiger partial charge in [-0.2, -0.15) is 0 Å². The fourth-order valence-electron chi connectivity index (χ4n) is 5.49. The standard InChI is InChI=1S/2C18H26ClN3.H3O4P/c2*1-4-22(5-2)12-6-7-14(3)21-17-10-11-20-18-13-15(19)8-9-16(17)18;1-5(2,3)4/h2*8-11,13-14H,4-7,12H2,1-3H3,(H,20,21);(H3,1,2,3,4). The summed E-state index contributed by atoms with van der Waals surface area (Å²) in [7, 11) is -4.64. The molecule has 13 heteroatoms. The molecule has 0 saturated carbocycles. The zero-order valence-corrected chi connectivity index (χ0v) is 32.1. The fourth-order valence-corrected chi connectivity index (χ4v) is 5.82. The number of hydrogen-bond donors (Lipinski definition) is 5. The van der Waals surface area contributed by atoms with Crippen LogP contribution >= 0.6 is 31.0 Å². The van der Waals surface area contributed by atoms with E-state index in [0.29, 0.717) is 12.1 Å². The molecule has 4 rings (SSSR count). The molecule has 0 aliphatic heterocycles. The molecule has 0 amide bonds. The quantitative estimate of drug-likeness (QED) is 0.0712. The lowest BCUT2D eigenvalue weighted by Crippen LogP contribution is -2.25. The third-order valence-corrected chi connectivity index (χ3v) is 8.70. The van der Waals surface area contributed by atoms with Crippen LogP contribution in [0.1, 0.15) is 67.2 Å². The number of rotatable bonds is 16. The number of anilines is 2. The molecular formula is C36H55Cl2N6O4P. The molecule has 0 radical (unpaired) electrons. The molecule has 49 heavy (non-hydrogen) atoms. The summed E-state index contributed by atoms with van der Waals surface area (Å²) < 4.78 is 8.88. The van der Waals surface area contributed by atoms with E-state index in [1.165, 1.54) is 25.9 Å². The average Bonchev–Trinajstić information content (AvgIpc) is 3.04. The van der Waals surface area contributed by atoms with Crippen molar-refractivity contribution in [3.05, 3.63) is 71.0 Å². The molecule has 0 aliphatic rings. The first kappa shape index (κ1) is 42.6. The number of pyridine rings is 2. The molecule has 2 aromatic carbocycles. The molecule has 272 valence electrons. The Balaban J connectivity index is 0.000000299. The lowest BCUT2D eigenvalue weighted by Gasteiger charge is -2.20. The Morgan fingerprint density at radius 3 is 1.35 bits per heavy atom. The van der Waals surface area contributed by atoms with Gasteiger partial charge in [0, 0.05) is 56.7 Å². The van der Waals surface area contributed by atoms with E-state index in [4.69, 9.17) is 42.4 Å². The Kier molecular flexibility index (Phi) is 19.4. The Morgan fingerprint density at radius 1 is 0.673 bits per heavy atom. The van der Waals surface area contributed by atoms with Gasteiger partial charge in [0.15, 0.2) is 0 Å². The summed E-state index contributed by atoms with van der Waals surface area (Å²) in [5, 5.41) is 10.9. The Hall–Kier alpha value is -2.53. The first-order valence-electron chi connectivity index (χ1n) is 17.1. The van der Waals surface area contributed by atoms with Crippen LogP contribution < -0.4 is 10.6 Å². The second-order valence-electron chi connectivity index (χ2n) is 12.0. The van der Waals surface area contributed by atoms with Gasteiger partial charge in [0.05, 0.1) is 11.0 Å². The maximum atomic E-state index is 8.88. The molecular weight excluding hydrogens is 682 g/mol. The normalized spacial score (nSPS) is 12.7. The average molecular weight is 738 g/mol. The first-order valence-corrected chi connectivity index (χ1v) is 19.4. The highest BCUT2D eigenvalue weighted by atomic mass is 35.5. The molecule has 0 spiro atoms. The van der Waals surface area contributed by atoms with E-state index in [1.807, 2.05) is 60.9 Å². The number of halogens is 2. The van der Waals surface area contributed by atoms with Gasteiger partial charge in [-0.15, -0.1) is 0 Å². The van der Waals surface area contributed by atoms with Gasteiger partial charge < -0.3 is 35.1 Å². The molecule has 2 unspecified atom stereocenters. The van der Waals surface area contributed by atoms with E-state index >= 15 is 0 Å². The second kappa shape index (κ2) is 22.3. The number of phosphoric acid groups is 1. The monoisotopic (exact) mass is 736 g/mol. The Morgan fingerprint density at radius 2 is 1.02 bits per heavy atom. The molecule has 0 fully saturated rings. The van der Waals surface area contributed by atoms with Crippen LogP contribution in [0.4, 0.5) is 11.4 Å². The van der Waals surface area contributed by atoms with E-state index in [1.54, 1.807) is 0 Å². The number of benzene rings is 2. The number of aromatic nitrogens is 2. The molecule has 0 saturated heterocycles. The minimum absolute atomic E-state index is 0.442. The van der Waals surface area contributed by atoms with Crippen molar-refractivity contribution in [1.82, 2.24) is 19.8 Å². The van der Waals surface area contributed by atoms with Gasteiger partial charge in [0.1, 0.15) is 0 Å². The first-order chi connectivity index (χ1) is 23.3. The number of hydrogen-bond acceptors (Lipinski definition) is 7. The molecule has 2 heterocycles. The van der Waals surface area contributed by atoms with Crippen molar-refractivity contribution < 1.29 is 19.2 Å². The van der Waals surface area contributed by atoms with E-state index in [-0.39, 0.29) is 0 Å². The maximum Gasteiger partial charge on any atom is 0.466 e. The molecule has 0 aliphatic carbocycles. The number of nitrogens with zero attached hydrogens (tertiary/aromatic N) is 4.